The van der Waals surface area contributed by atoms with E-state index in [1.165, 1.54) is 16.8 Å². The average Bonchev–Trinajstić information content (AvgIpc) is 2.58. The lowest BCUT2D eigenvalue weighted by atomic mass is 10.1. The molecule has 3 rings (SSSR count). The molecule has 0 spiro atoms. The van der Waals surface area contributed by atoms with Gasteiger partial charge >= 0.3 is 0 Å². The van der Waals surface area contributed by atoms with Crippen molar-refractivity contribution in [3.05, 3.63) is 53.6 Å². The highest BCUT2D eigenvalue weighted by Gasteiger charge is 2.18. The number of aryl methyl sites for hydroxylation is 1. The molecular formula is C19H25N3O. The molecule has 0 bridgehead atoms. The summed E-state index contributed by atoms with van der Waals surface area (Å²) in [5, 5.41) is 0. The van der Waals surface area contributed by atoms with Gasteiger partial charge in [0, 0.05) is 44.5 Å². The Morgan fingerprint density at radius 2 is 1.70 bits per heavy atom. The standard InChI is InChI=1S/C19H25N3O/c1-15-3-5-16(6-4-15)14-21-9-11-22(12-10-21)17-7-8-18(20)19(13-17)23-2/h3-8,13H,9-12,14,20H2,1-2H3. The molecule has 0 amide bonds. The highest BCUT2D eigenvalue weighted by atomic mass is 16.5. The van der Waals surface area contributed by atoms with Crippen LogP contribution in [0.5, 0.6) is 5.75 Å². The Morgan fingerprint density at radius 1 is 1.00 bits per heavy atom. The van der Waals surface area contributed by atoms with E-state index in [2.05, 4.69) is 47.1 Å². The number of nitrogen functional groups attached to an aromatic ring is 1. The minimum absolute atomic E-state index is 0.689. The molecule has 1 fully saturated rings. The first-order valence-corrected chi connectivity index (χ1v) is 8.12. The van der Waals surface area contributed by atoms with Crippen molar-refractivity contribution < 1.29 is 4.74 Å². The van der Waals surface area contributed by atoms with Crippen molar-refractivity contribution in [2.45, 2.75) is 13.5 Å². The minimum atomic E-state index is 0.689. The van der Waals surface area contributed by atoms with Gasteiger partial charge in [0.25, 0.3) is 0 Å². The third-order valence-corrected chi connectivity index (χ3v) is 4.48. The fourth-order valence-electron chi connectivity index (χ4n) is 3.01. The van der Waals surface area contributed by atoms with E-state index >= 15 is 0 Å². The molecule has 2 aromatic carbocycles. The smallest absolute Gasteiger partial charge is 0.143 e. The molecule has 0 radical (unpaired) electrons. The first-order valence-electron chi connectivity index (χ1n) is 8.12. The zero-order valence-electron chi connectivity index (χ0n) is 14.0. The van der Waals surface area contributed by atoms with E-state index in [1.807, 2.05) is 12.1 Å². The molecule has 1 heterocycles. The molecule has 122 valence electrons. The van der Waals surface area contributed by atoms with E-state index in [1.54, 1.807) is 7.11 Å². The summed E-state index contributed by atoms with van der Waals surface area (Å²) < 4.78 is 5.32. The Kier molecular flexibility index (Phi) is 4.72. The minimum Gasteiger partial charge on any atom is -0.495 e. The van der Waals surface area contributed by atoms with Gasteiger partial charge in [0.15, 0.2) is 0 Å². The van der Waals surface area contributed by atoms with Gasteiger partial charge in [0.1, 0.15) is 5.75 Å². The van der Waals surface area contributed by atoms with Gasteiger partial charge in [-0.05, 0) is 24.6 Å². The first-order chi connectivity index (χ1) is 11.2. The lowest BCUT2D eigenvalue weighted by Gasteiger charge is -2.36. The second-order valence-electron chi connectivity index (χ2n) is 6.18. The summed E-state index contributed by atoms with van der Waals surface area (Å²) in [7, 11) is 1.66. The van der Waals surface area contributed by atoms with Crippen molar-refractivity contribution >= 4 is 11.4 Å². The number of hydrogen-bond donors (Lipinski definition) is 1. The van der Waals surface area contributed by atoms with Crippen LogP contribution in [0.1, 0.15) is 11.1 Å². The predicted octanol–water partition coefficient (Wildman–Crippen LogP) is 2.91. The van der Waals surface area contributed by atoms with Gasteiger partial charge in [-0.15, -0.1) is 0 Å². The average molecular weight is 311 g/mol. The molecule has 2 N–H and O–H groups in total. The van der Waals surface area contributed by atoms with Crippen LogP contribution in [-0.2, 0) is 6.54 Å². The number of methoxy groups -OCH3 is 1. The van der Waals surface area contributed by atoms with Crippen LogP contribution in [0.25, 0.3) is 0 Å². The van der Waals surface area contributed by atoms with Crippen molar-refractivity contribution in [2.75, 3.05) is 43.9 Å². The molecule has 1 saturated heterocycles. The van der Waals surface area contributed by atoms with Gasteiger partial charge in [-0.3, -0.25) is 4.90 Å². The van der Waals surface area contributed by atoms with Gasteiger partial charge in [0.2, 0.25) is 0 Å². The van der Waals surface area contributed by atoms with Crippen molar-refractivity contribution in [3.63, 3.8) is 0 Å². The van der Waals surface area contributed by atoms with Crippen molar-refractivity contribution in [2.24, 2.45) is 0 Å². The second-order valence-corrected chi connectivity index (χ2v) is 6.18. The maximum absolute atomic E-state index is 5.90. The maximum atomic E-state index is 5.90. The summed E-state index contributed by atoms with van der Waals surface area (Å²) in [4.78, 5) is 4.91. The number of ether oxygens (including phenoxy) is 1. The summed E-state index contributed by atoms with van der Waals surface area (Å²) in [6.45, 7) is 7.35. The van der Waals surface area contributed by atoms with Gasteiger partial charge in [-0.25, -0.2) is 0 Å². The number of benzene rings is 2. The molecule has 1 aliphatic heterocycles. The number of anilines is 2. The van der Waals surface area contributed by atoms with E-state index in [0.29, 0.717) is 5.69 Å². The summed E-state index contributed by atoms with van der Waals surface area (Å²) >= 11 is 0. The molecule has 0 unspecified atom stereocenters. The van der Waals surface area contributed by atoms with Crippen molar-refractivity contribution in [1.29, 1.82) is 0 Å². The zero-order valence-corrected chi connectivity index (χ0v) is 14.0. The third kappa shape index (κ3) is 3.77. The summed E-state index contributed by atoms with van der Waals surface area (Å²) in [6, 6.07) is 14.9. The van der Waals surface area contributed by atoms with E-state index in [-0.39, 0.29) is 0 Å². The largest absolute Gasteiger partial charge is 0.495 e. The SMILES string of the molecule is COc1cc(N2CCN(Cc3ccc(C)cc3)CC2)ccc1N. The zero-order chi connectivity index (χ0) is 16.2. The monoisotopic (exact) mass is 311 g/mol. The van der Waals surface area contributed by atoms with Gasteiger partial charge in [-0.1, -0.05) is 29.8 Å². The van der Waals surface area contributed by atoms with Crippen LogP contribution in [0.3, 0.4) is 0 Å². The Bertz CT molecular complexity index is 646. The molecule has 2 aromatic rings. The van der Waals surface area contributed by atoms with Crippen LogP contribution in [0.15, 0.2) is 42.5 Å². The van der Waals surface area contributed by atoms with Gasteiger partial charge < -0.3 is 15.4 Å². The second kappa shape index (κ2) is 6.92. The molecule has 23 heavy (non-hydrogen) atoms. The molecule has 1 aliphatic rings. The quantitative estimate of drug-likeness (QED) is 0.882. The fraction of sp³-hybridized carbons (Fsp3) is 0.368. The Balaban J connectivity index is 1.58. The summed E-state index contributed by atoms with van der Waals surface area (Å²) in [6.07, 6.45) is 0. The molecule has 0 aliphatic carbocycles. The summed E-state index contributed by atoms with van der Waals surface area (Å²) in [5.41, 5.74) is 10.5. The molecule has 0 aromatic heterocycles. The Hall–Kier alpha value is -2.20. The Labute approximate surface area is 138 Å². The maximum Gasteiger partial charge on any atom is 0.143 e. The molecule has 4 heteroatoms. The topological polar surface area (TPSA) is 41.7 Å². The number of piperazine rings is 1. The number of hydrogen-bond acceptors (Lipinski definition) is 4. The van der Waals surface area contributed by atoms with Crippen molar-refractivity contribution in [3.8, 4) is 5.75 Å². The highest BCUT2D eigenvalue weighted by Crippen LogP contribution is 2.28. The summed E-state index contributed by atoms with van der Waals surface area (Å²) in [5.74, 6) is 0.754. The van der Waals surface area contributed by atoms with E-state index in [9.17, 15) is 0 Å². The predicted molar refractivity (Wildman–Crippen MR) is 96.1 cm³/mol. The van der Waals surface area contributed by atoms with Crippen molar-refractivity contribution in [1.82, 2.24) is 4.90 Å². The number of rotatable bonds is 4. The third-order valence-electron chi connectivity index (χ3n) is 4.48. The number of nitrogens with two attached hydrogens (primary N) is 1. The van der Waals surface area contributed by atoms with E-state index in [0.717, 1.165) is 38.5 Å². The highest BCUT2D eigenvalue weighted by molar-refractivity contribution is 5.62. The van der Waals surface area contributed by atoms with Gasteiger partial charge in [-0.2, -0.15) is 0 Å². The van der Waals surface area contributed by atoms with E-state index < -0.39 is 0 Å². The van der Waals surface area contributed by atoms with Crippen LogP contribution >= 0.6 is 0 Å². The van der Waals surface area contributed by atoms with Crippen LogP contribution in [0.2, 0.25) is 0 Å². The van der Waals surface area contributed by atoms with Gasteiger partial charge in [0.05, 0.1) is 12.8 Å². The van der Waals surface area contributed by atoms with Crippen LogP contribution in [0, 0.1) is 6.92 Å². The fourth-order valence-corrected chi connectivity index (χ4v) is 3.01. The molecule has 0 atom stereocenters. The molecular weight excluding hydrogens is 286 g/mol. The van der Waals surface area contributed by atoms with Crippen LogP contribution in [0.4, 0.5) is 11.4 Å². The Morgan fingerprint density at radius 3 is 2.35 bits per heavy atom. The normalized spacial score (nSPS) is 15.7. The molecule has 4 nitrogen and oxygen atoms in total. The lowest BCUT2D eigenvalue weighted by Crippen LogP contribution is -2.45. The first kappa shape index (κ1) is 15.7. The van der Waals surface area contributed by atoms with E-state index in [4.69, 9.17) is 10.5 Å². The number of nitrogens with zero attached hydrogens (tertiary/aromatic N) is 2. The molecule has 0 saturated carbocycles. The lowest BCUT2D eigenvalue weighted by molar-refractivity contribution is 0.250. The van der Waals surface area contributed by atoms with Crippen LogP contribution < -0.4 is 15.4 Å². The van der Waals surface area contributed by atoms with Crippen LogP contribution in [-0.4, -0.2) is 38.2 Å².